The first-order valence-electron chi connectivity index (χ1n) is 29.9. The quantitative estimate of drug-likeness (QED) is 0.0185. The number of ketones is 1. The lowest BCUT2D eigenvalue weighted by molar-refractivity contribution is -0.336. The fourth-order valence-corrected chi connectivity index (χ4v) is 15.7. The number of hydrogen-bond donors (Lipinski definition) is 9. The van der Waals surface area contributed by atoms with Gasteiger partial charge in [0.1, 0.15) is 36.6 Å². The maximum atomic E-state index is 14.5. The Morgan fingerprint density at radius 2 is 1.58 bits per heavy atom. The van der Waals surface area contributed by atoms with Crippen LogP contribution in [0.2, 0.25) is 0 Å². The number of aliphatic hydroxyl groups is 5. The van der Waals surface area contributed by atoms with Crippen LogP contribution in [0.1, 0.15) is 82.3 Å². The predicted molar refractivity (Wildman–Crippen MR) is 350 cm³/mol. The van der Waals surface area contributed by atoms with Crippen LogP contribution in [0.4, 0.5) is 10.5 Å². The van der Waals surface area contributed by atoms with Crippen molar-refractivity contribution < 1.29 is 102 Å². The number of rotatable bonds is 23. The first-order chi connectivity index (χ1) is 43.8. The largest absolute Gasteiger partial charge is 0.492 e. The highest BCUT2D eigenvalue weighted by atomic mass is 127. The minimum absolute atomic E-state index is 0.0221. The molecule has 2 bridgehead atoms. The number of alkyl carbamates (subject to hydrolysis) is 1. The number of nitrogens with one attached hydrogen (secondary N) is 3. The Morgan fingerprint density at radius 3 is 2.24 bits per heavy atom. The van der Waals surface area contributed by atoms with E-state index in [0.717, 1.165) is 24.4 Å². The molecule has 0 saturated carbocycles. The van der Waals surface area contributed by atoms with E-state index in [-0.39, 0.29) is 77.0 Å². The fourth-order valence-electron chi connectivity index (χ4n) is 11.5. The third-order valence-corrected chi connectivity index (χ3v) is 22.3. The summed E-state index contributed by atoms with van der Waals surface area (Å²) in [5, 5.41) is 63.3. The third-order valence-electron chi connectivity index (χ3n) is 16.5. The van der Waals surface area contributed by atoms with Crippen molar-refractivity contribution in [2.24, 2.45) is 0 Å². The average Bonchev–Trinajstić information content (AvgIpc) is 0.768. The van der Waals surface area contributed by atoms with E-state index in [0.29, 0.717) is 21.4 Å². The lowest BCUT2D eigenvalue weighted by Gasteiger charge is -2.46. The number of thioether (sulfide) groups is 1. The molecule has 0 spiro atoms. The summed E-state index contributed by atoms with van der Waals surface area (Å²) in [5.74, 6) is 11.3. The van der Waals surface area contributed by atoms with Gasteiger partial charge in [-0.25, -0.2) is 4.79 Å². The number of methoxy groups -OCH3 is 5. The number of allylic oxidation sites excluding steroid dienone is 3. The summed E-state index contributed by atoms with van der Waals surface area (Å²) >= 11 is 2.82. The Morgan fingerprint density at radius 1 is 0.870 bits per heavy atom. The van der Waals surface area contributed by atoms with Gasteiger partial charge in [-0.1, -0.05) is 82.2 Å². The molecule has 92 heavy (non-hydrogen) atoms. The van der Waals surface area contributed by atoms with Gasteiger partial charge in [0.15, 0.2) is 41.8 Å². The number of Topliss-reactive ketones (excluding diaryl/α,β-unsaturated/α-hetero) is 1. The molecule has 2 aliphatic carbocycles. The molecule has 8 rings (SSSR count). The highest BCUT2D eigenvalue weighted by Gasteiger charge is 2.52. The number of benzene rings is 2. The van der Waals surface area contributed by atoms with Gasteiger partial charge in [0.2, 0.25) is 17.2 Å². The maximum Gasteiger partial charge on any atom is 0.411 e. The molecule has 19 atom stereocenters. The summed E-state index contributed by atoms with van der Waals surface area (Å²) in [6.07, 6.45) is -14.1. The van der Waals surface area contributed by atoms with Crippen molar-refractivity contribution in [2.45, 2.75) is 188 Å². The summed E-state index contributed by atoms with van der Waals surface area (Å²) in [6, 6.07) is 6.27. The second-order valence-corrected chi connectivity index (χ2v) is 28.2. The number of carbonyl (C=O) groups is 3. The maximum absolute atomic E-state index is 14.5. The van der Waals surface area contributed by atoms with E-state index in [1.165, 1.54) is 44.3 Å². The van der Waals surface area contributed by atoms with Crippen molar-refractivity contribution in [3.05, 3.63) is 79.6 Å². The molecule has 4 fully saturated rings. The zero-order valence-corrected chi connectivity index (χ0v) is 57.7. The van der Waals surface area contributed by atoms with Crippen LogP contribution in [0.5, 0.6) is 17.2 Å². The average molecular weight is 1460 g/mol. The molecular weight excluding hydrogens is 1370 g/mol. The molecule has 4 aliphatic heterocycles. The topological polar surface area (TPSA) is 334 Å². The Kier molecular flexibility index (Phi) is 26.1. The van der Waals surface area contributed by atoms with Crippen LogP contribution < -0.4 is 36.1 Å². The van der Waals surface area contributed by atoms with Gasteiger partial charge in [0.05, 0.1) is 97.0 Å². The zero-order chi connectivity index (χ0) is 66.9. The molecule has 4 saturated heterocycles. The number of fused-ring (bicyclic) bond motifs is 2. The normalized spacial score (nSPS) is 34.0. The lowest BCUT2D eigenvalue weighted by Crippen LogP contribution is -2.65. The molecule has 0 aromatic heterocycles. The van der Waals surface area contributed by atoms with Crippen molar-refractivity contribution in [1.29, 1.82) is 0 Å². The van der Waals surface area contributed by atoms with Crippen molar-refractivity contribution in [3.8, 4) is 40.9 Å². The second kappa shape index (κ2) is 32.6. The first-order valence-corrected chi connectivity index (χ1v) is 34.2. The van der Waals surface area contributed by atoms with Crippen molar-refractivity contribution in [2.75, 3.05) is 60.2 Å². The van der Waals surface area contributed by atoms with Gasteiger partial charge >= 0.3 is 6.09 Å². The summed E-state index contributed by atoms with van der Waals surface area (Å²) in [6.45, 7) is 13.5. The van der Waals surface area contributed by atoms with Crippen LogP contribution in [0.25, 0.3) is 0 Å². The highest BCUT2D eigenvalue weighted by Crippen LogP contribution is 2.50. The number of nitrogen functional groups attached to an aromatic ring is 1. The molecule has 10 N–H and O–H groups in total. The van der Waals surface area contributed by atoms with E-state index in [9.17, 15) is 39.9 Å². The van der Waals surface area contributed by atoms with Gasteiger partial charge in [-0.2, -0.15) is 5.48 Å². The Labute approximate surface area is 561 Å². The number of ether oxygens (including phenoxy) is 12. The van der Waals surface area contributed by atoms with Crippen molar-refractivity contribution in [1.82, 2.24) is 16.1 Å². The fraction of sp³-hybridized carbons (Fsp3) is 0.603. The number of hydroxylamine groups is 1. The van der Waals surface area contributed by atoms with Gasteiger partial charge in [-0.3, -0.25) is 19.7 Å². The highest BCUT2D eigenvalue weighted by molar-refractivity contribution is 14.1. The number of anilines is 1. The summed E-state index contributed by atoms with van der Waals surface area (Å²) < 4.78 is 72.6. The lowest BCUT2D eigenvalue weighted by atomic mass is 9.75. The molecule has 1 amide bonds. The number of amides is 1. The van der Waals surface area contributed by atoms with E-state index in [1.54, 1.807) is 51.7 Å². The number of halogens is 1. The van der Waals surface area contributed by atoms with Gasteiger partial charge < -0.3 is 93.4 Å². The van der Waals surface area contributed by atoms with Gasteiger partial charge in [0.25, 0.3) is 0 Å². The molecule has 506 valence electrons. The molecule has 2 aromatic rings. The number of aliphatic hydroxyl groups excluding tert-OH is 4. The summed E-state index contributed by atoms with van der Waals surface area (Å²) in [4.78, 5) is 48.1. The van der Waals surface area contributed by atoms with Crippen LogP contribution in [0, 0.1) is 34.2 Å². The number of carbonyl (C=O) groups excluding carboxylic acids is 3. The monoisotopic (exact) mass is 1450 g/mol. The Bertz CT molecular complexity index is 3160. The Balaban J connectivity index is 1.03. The van der Waals surface area contributed by atoms with Crippen LogP contribution in [0.15, 0.2) is 59.3 Å². The minimum atomic E-state index is -2.12. The van der Waals surface area contributed by atoms with E-state index in [2.05, 4.69) is 53.6 Å². The van der Waals surface area contributed by atoms with Crippen LogP contribution >= 0.6 is 55.9 Å². The first kappa shape index (κ1) is 73.5. The molecular formula is C63H83IN4O21S3. The van der Waals surface area contributed by atoms with E-state index in [1.807, 2.05) is 53.8 Å². The molecule has 0 radical (unpaired) electrons. The molecule has 29 heteroatoms. The zero-order valence-electron chi connectivity index (χ0n) is 53.1. The number of nitrogens with two attached hydrogens (primary N) is 1. The van der Waals surface area contributed by atoms with Gasteiger partial charge in [0, 0.05) is 54.4 Å². The van der Waals surface area contributed by atoms with E-state index >= 15 is 0 Å². The molecule has 2 aromatic carbocycles. The minimum Gasteiger partial charge on any atom is -0.492 e. The van der Waals surface area contributed by atoms with Crippen LogP contribution in [-0.2, 0) is 57.0 Å². The van der Waals surface area contributed by atoms with Crippen LogP contribution in [-0.4, -0.2) is 212 Å². The molecule has 4 heterocycles. The van der Waals surface area contributed by atoms with Crippen molar-refractivity contribution in [3.63, 3.8) is 0 Å². The van der Waals surface area contributed by atoms with Gasteiger partial charge in [-0.15, -0.1) is 0 Å². The van der Waals surface area contributed by atoms with Gasteiger partial charge in [-0.05, 0) is 106 Å². The smallest absolute Gasteiger partial charge is 0.411 e. The number of likely N-dealkylation sites (N-methyl/N-ethyl adjacent to an activating group) is 1. The standard InChI is InChI=1S/C63H83IN4O21S3/c1-13-66-37-29-82-42(27-41(37)77-8)87-55-50(72)47(68-89-43-26-38(69)57(33(5)83-43)91-58(74)44-30(2)46(64)53(56(80-11)52(44)78-9)88-59-51(73)54(79-10)49(71)32(4)85-59)31(3)84-60(55)86-40-18-16-14-15-17-24-63(76)28-39(70)48(67-61(75)81-12)45(40)36(63)23-25-90-92-62(6,7)34-19-21-35(65)22-20-34/h14-15,19-23,31-33,37-38,40-43,47,49-51,54-55,57,59-60,66,68-69,71-73,76H,13,25-29,65H2,1-12H3,(H,67,75)/b15-14-,36-23+/t31-,32+,33-,37+,38+,40+,41+,42+,43+,47-,49+,50+,51-,54-,55-,57-,59+,60+,63+/m1/s1. The molecule has 25 nitrogen and oxygen atoms in total. The molecule has 6 aliphatic rings. The van der Waals surface area contributed by atoms with E-state index in [4.69, 9.17) is 67.4 Å². The van der Waals surface area contributed by atoms with E-state index < -0.39 is 131 Å². The number of hydrogen-bond acceptors (Lipinski definition) is 27. The second-order valence-electron chi connectivity index (χ2n) is 23.1. The SMILES string of the molecule is CCN[C@H]1CO[C@@H](O[C@H]2[C@H](O[C@H]3C#C/C=C\C#C[C@]4(O)CC(=O)C(NC(=O)OC)=C3/C4=C\CSSC(C)(C)c3ccc(N)cc3)O[C@H](C)[C@@H](NO[C@H]3C[C@H](O)[C@H](SC(=O)c4c(C)c(I)c(O[C@@H]5O[C@@H](C)[C@H](O)[C@@H](OC)[C@H]5O)c(OC)c4OC)[C@@H](C)O3)[C@@H]2O)C[C@@H]1OC. The predicted octanol–water partition coefficient (Wildman–Crippen LogP) is 4.44. The summed E-state index contributed by atoms with van der Waals surface area (Å²) in [7, 11) is 9.82. The third kappa shape index (κ3) is 16.7. The molecule has 0 unspecified atom stereocenters. The summed E-state index contributed by atoms with van der Waals surface area (Å²) in [5.41, 5.74) is 8.81. The van der Waals surface area contributed by atoms with Crippen molar-refractivity contribution >= 4 is 78.6 Å². The van der Waals surface area contributed by atoms with Crippen LogP contribution in [0.3, 0.4) is 0 Å². The Hall–Kier alpha value is -4.27.